The molecule has 0 aromatic heterocycles. The summed E-state index contributed by atoms with van der Waals surface area (Å²) < 4.78 is 48.4. The van der Waals surface area contributed by atoms with Gasteiger partial charge in [0, 0.05) is 10.8 Å². The van der Waals surface area contributed by atoms with Crippen LogP contribution in [-0.4, -0.2) is 232 Å². The maximum absolute atomic E-state index is 12.7. The Bertz CT molecular complexity index is 2140. The number of carbonyl (C=O) groups is 1. The fourth-order valence-corrected chi connectivity index (χ4v) is 16.6. The van der Waals surface area contributed by atoms with Gasteiger partial charge in [-0.2, -0.15) is 0 Å². The quantitative estimate of drug-likeness (QED) is 0.0783. The van der Waals surface area contributed by atoms with Crippen molar-refractivity contribution in [3.8, 4) is 0 Å². The van der Waals surface area contributed by atoms with Crippen molar-refractivity contribution in [2.45, 2.75) is 248 Å². The molecule has 4 heterocycles. The first-order valence-electron chi connectivity index (χ1n) is 27.8. The number of rotatable bonds is 12. The molecule has 23 heteroatoms. The number of hydrogen-bond acceptors (Lipinski definition) is 22. The van der Waals surface area contributed by atoms with Gasteiger partial charge in [0.1, 0.15) is 85.5 Å². The van der Waals surface area contributed by atoms with E-state index in [9.17, 15) is 76.3 Å². The van der Waals surface area contributed by atoms with Crippen LogP contribution in [0.15, 0.2) is 11.6 Å². The predicted octanol–water partition coefficient (Wildman–Crippen LogP) is -1.47. The number of aliphatic carboxylic acids is 1. The first kappa shape index (κ1) is 60.0. The fraction of sp³-hybridized carbons (Fsp3) is 0.944. The molecular formula is C54H88O23. The van der Waals surface area contributed by atoms with Gasteiger partial charge in [-0.15, -0.1) is 0 Å². The third-order valence-corrected chi connectivity index (χ3v) is 21.6. The summed E-state index contributed by atoms with van der Waals surface area (Å²) in [5.41, 5.74) is -0.380. The molecule has 0 aromatic rings. The molecule has 8 fully saturated rings. The number of carboxylic acid groups (broad SMARTS) is 1. The van der Waals surface area contributed by atoms with Crippen molar-refractivity contribution in [1.29, 1.82) is 0 Å². The third kappa shape index (κ3) is 9.70. The average Bonchev–Trinajstić information content (AvgIpc) is 3.55. The molecule has 0 spiro atoms. The van der Waals surface area contributed by atoms with Gasteiger partial charge in [0.2, 0.25) is 0 Å². The molecule has 0 radical (unpaired) electrons. The van der Waals surface area contributed by atoms with Crippen LogP contribution in [0.25, 0.3) is 0 Å². The molecule has 442 valence electrons. The van der Waals surface area contributed by atoms with Crippen molar-refractivity contribution in [3.63, 3.8) is 0 Å². The third-order valence-electron chi connectivity index (χ3n) is 21.6. The normalized spacial score (nSPS) is 55.7. The van der Waals surface area contributed by atoms with Gasteiger partial charge in [-0.1, -0.05) is 60.1 Å². The summed E-state index contributed by atoms with van der Waals surface area (Å²) in [5, 5.41) is 154. The number of allylic oxidation sites excluding steroid dienone is 2. The number of aliphatic hydroxyl groups excluding tert-OH is 13. The lowest BCUT2D eigenvalue weighted by Crippen LogP contribution is -2.69. The molecule has 9 rings (SSSR count). The monoisotopic (exact) mass is 1100 g/mol. The second-order valence-electron chi connectivity index (χ2n) is 26.4. The molecular weight excluding hydrogens is 1020 g/mol. The van der Waals surface area contributed by atoms with Crippen LogP contribution in [0.1, 0.15) is 113 Å². The maximum atomic E-state index is 12.7. The van der Waals surface area contributed by atoms with Crippen molar-refractivity contribution in [2.24, 2.45) is 50.2 Å². The minimum Gasteiger partial charge on any atom is -0.479 e. The van der Waals surface area contributed by atoms with E-state index < -0.39 is 160 Å². The van der Waals surface area contributed by atoms with Gasteiger partial charge < -0.3 is 109 Å². The summed E-state index contributed by atoms with van der Waals surface area (Å²) in [4.78, 5) is 12.7. The minimum atomic E-state index is -2.16. The Morgan fingerprint density at radius 1 is 0.571 bits per heavy atom. The van der Waals surface area contributed by atoms with Crippen molar-refractivity contribution in [1.82, 2.24) is 0 Å². The summed E-state index contributed by atoms with van der Waals surface area (Å²) in [6.45, 7) is 15.1. The topological polar surface area (TPSA) is 374 Å². The van der Waals surface area contributed by atoms with E-state index in [-0.39, 0.29) is 51.4 Å². The average molecular weight is 1110 g/mol. The van der Waals surface area contributed by atoms with Gasteiger partial charge in [0.05, 0.1) is 38.1 Å². The number of carboxylic acids is 1. The molecule has 77 heavy (non-hydrogen) atoms. The Balaban J connectivity index is 0.999. The van der Waals surface area contributed by atoms with Gasteiger partial charge in [-0.3, -0.25) is 0 Å². The van der Waals surface area contributed by atoms with Gasteiger partial charge in [-0.25, -0.2) is 4.79 Å². The summed E-state index contributed by atoms with van der Waals surface area (Å²) in [7, 11) is 0. The maximum Gasteiger partial charge on any atom is 0.335 e. The molecule has 4 saturated heterocycles. The molecule has 5 aliphatic carbocycles. The number of fused-ring (bicyclic) bond motifs is 7. The number of ether oxygens (including phenoxy) is 8. The SMILES string of the molecule is CC1OC(OC2C(OC3C(OC4C(O[C@@H]5CC[C@@]6(C)C(CCC7(C)C6CC=C6C8CC(C)(C)CC(O)C8(C)CC[C@@]67C)C5(C)CO)OC(C(=O)O)C(O)C4O)OC(CO)C(O)C3O)OC(CO)C(O)C2O)C(O)C(O)C1O. The second kappa shape index (κ2) is 21.5. The van der Waals surface area contributed by atoms with Crippen LogP contribution in [0, 0.1) is 50.2 Å². The Labute approximate surface area is 449 Å². The standard InChI is InChI=1S/C54H88O23/c1-22-31(59)34(62)39(67)45(70-22)75-41-35(63)32(60)25(19-55)71-46(41)76-42-36(64)33(61)26(20-56)72-47(42)77-43-38(66)37(65)40(44(68)69)74-48(43)73-30-12-13-51(5)27(52(30,6)21-57)11-14-54(8)28(51)10-9-23-24-17-49(2,3)18-29(58)50(24,4)15-16-53(23,54)7/h9,22,24-43,45-48,55-67H,10-21H2,1-8H3,(H,68,69)/t22?,24?,25?,26?,27?,28?,29?,30-,31?,32?,33?,34?,35?,36?,37?,38?,39?,40?,41?,42?,43?,45?,46?,47?,48?,50?,51+,52?,53+,54?/m1/s1. The van der Waals surface area contributed by atoms with Gasteiger partial charge in [-0.05, 0) is 104 Å². The summed E-state index contributed by atoms with van der Waals surface area (Å²) in [6.07, 6.45) is -29.2. The second-order valence-corrected chi connectivity index (χ2v) is 26.4. The van der Waals surface area contributed by atoms with Crippen molar-refractivity contribution in [3.05, 3.63) is 11.6 Å². The van der Waals surface area contributed by atoms with Crippen LogP contribution in [-0.2, 0) is 42.7 Å². The van der Waals surface area contributed by atoms with Crippen LogP contribution in [0.2, 0.25) is 0 Å². The van der Waals surface area contributed by atoms with Gasteiger partial charge in [0.25, 0.3) is 0 Å². The Morgan fingerprint density at radius 3 is 1.66 bits per heavy atom. The van der Waals surface area contributed by atoms with E-state index >= 15 is 0 Å². The predicted molar refractivity (Wildman–Crippen MR) is 263 cm³/mol. The van der Waals surface area contributed by atoms with Crippen LogP contribution >= 0.6 is 0 Å². The summed E-state index contributed by atoms with van der Waals surface area (Å²) in [5.74, 6) is -1.36. The molecule has 4 saturated carbocycles. The van der Waals surface area contributed by atoms with Crippen molar-refractivity contribution < 1.29 is 114 Å². The smallest absolute Gasteiger partial charge is 0.335 e. The highest BCUT2D eigenvalue weighted by molar-refractivity contribution is 5.73. The number of aliphatic hydroxyl groups is 13. The summed E-state index contributed by atoms with van der Waals surface area (Å²) in [6, 6.07) is 0. The molecule has 4 aliphatic heterocycles. The highest BCUT2D eigenvalue weighted by atomic mass is 16.8. The molecule has 0 amide bonds. The lowest BCUT2D eigenvalue weighted by molar-refractivity contribution is -0.407. The lowest BCUT2D eigenvalue weighted by atomic mass is 9.33. The molecule has 23 nitrogen and oxygen atoms in total. The fourth-order valence-electron chi connectivity index (χ4n) is 16.6. The molecule has 14 N–H and O–H groups in total. The highest BCUT2D eigenvalue weighted by Crippen LogP contribution is 2.76. The molecule has 9 aliphatic rings. The summed E-state index contributed by atoms with van der Waals surface area (Å²) >= 11 is 0. The minimum absolute atomic E-state index is 0.0148. The van der Waals surface area contributed by atoms with E-state index in [2.05, 4.69) is 47.6 Å². The molecule has 30 atom stereocenters. The van der Waals surface area contributed by atoms with E-state index in [0.29, 0.717) is 19.3 Å². The van der Waals surface area contributed by atoms with Crippen molar-refractivity contribution in [2.75, 3.05) is 19.8 Å². The zero-order chi connectivity index (χ0) is 56.4. The molecule has 0 bridgehead atoms. The van der Waals surface area contributed by atoms with E-state index in [0.717, 1.165) is 38.5 Å². The van der Waals surface area contributed by atoms with E-state index in [1.165, 1.54) is 12.5 Å². The lowest BCUT2D eigenvalue weighted by Gasteiger charge is -2.72. The molecule has 27 unspecified atom stereocenters. The van der Waals surface area contributed by atoms with Crippen LogP contribution in [0.3, 0.4) is 0 Å². The van der Waals surface area contributed by atoms with Crippen LogP contribution < -0.4 is 0 Å². The Kier molecular flexibility index (Phi) is 16.8. The first-order chi connectivity index (χ1) is 36.0. The largest absolute Gasteiger partial charge is 0.479 e. The van der Waals surface area contributed by atoms with Crippen LogP contribution in [0.4, 0.5) is 0 Å². The Morgan fingerprint density at radius 2 is 1.12 bits per heavy atom. The zero-order valence-corrected chi connectivity index (χ0v) is 45.4. The highest BCUT2D eigenvalue weighted by Gasteiger charge is 2.70. The van der Waals surface area contributed by atoms with E-state index in [4.69, 9.17) is 37.9 Å². The number of hydrogen-bond donors (Lipinski definition) is 14. The van der Waals surface area contributed by atoms with Crippen molar-refractivity contribution >= 4 is 5.97 Å². The Hall–Kier alpha value is -1.63. The van der Waals surface area contributed by atoms with E-state index in [1.54, 1.807) is 0 Å². The molecule has 0 aromatic carbocycles. The zero-order valence-electron chi connectivity index (χ0n) is 45.4. The van der Waals surface area contributed by atoms with Gasteiger partial charge in [0.15, 0.2) is 31.3 Å². The first-order valence-corrected chi connectivity index (χ1v) is 27.8. The van der Waals surface area contributed by atoms with Crippen LogP contribution in [0.5, 0.6) is 0 Å². The van der Waals surface area contributed by atoms with Gasteiger partial charge >= 0.3 is 5.97 Å². The van der Waals surface area contributed by atoms with E-state index in [1.807, 2.05) is 6.92 Å².